The molecular weight excluding hydrogens is 379 g/mol. The van der Waals surface area contributed by atoms with E-state index in [0.29, 0.717) is 12.0 Å². The number of halogens is 1. The van der Waals surface area contributed by atoms with Crippen molar-refractivity contribution in [2.45, 2.75) is 44.2 Å². The number of amides is 1. The average molecular weight is 409 g/mol. The van der Waals surface area contributed by atoms with Crippen molar-refractivity contribution >= 4 is 6.09 Å². The Bertz CT molecular complexity index is 913. The first-order chi connectivity index (χ1) is 14.5. The lowest BCUT2D eigenvalue weighted by atomic mass is 9.61. The normalized spacial score (nSPS) is 23.7. The fourth-order valence-electron chi connectivity index (χ4n) is 5.47. The monoisotopic (exact) mass is 408 g/mol. The minimum Gasteiger partial charge on any atom is -0.446 e. The van der Waals surface area contributed by atoms with Crippen LogP contribution in [-0.4, -0.2) is 48.7 Å². The summed E-state index contributed by atoms with van der Waals surface area (Å²) in [7, 11) is 2.17. The minimum atomic E-state index is -0.269. The van der Waals surface area contributed by atoms with E-state index in [4.69, 9.17) is 4.74 Å². The van der Waals surface area contributed by atoms with Crippen molar-refractivity contribution in [1.82, 2.24) is 9.80 Å². The van der Waals surface area contributed by atoms with E-state index < -0.39 is 0 Å². The van der Waals surface area contributed by atoms with Gasteiger partial charge in [-0.25, -0.2) is 9.18 Å². The van der Waals surface area contributed by atoms with Gasteiger partial charge in [-0.05, 0) is 86.5 Å². The molecular formula is C25H29FN2O2. The van der Waals surface area contributed by atoms with Gasteiger partial charge in [-0.1, -0.05) is 36.4 Å². The van der Waals surface area contributed by atoms with E-state index in [9.17, 15) is 9.18 Å². The molecule has 0 unspecified atom stereocenters. The second-order valence-electron chi connectivity index (χ2n) is 9.31. The lowest BCUT2D eigenvalue weighted by molar-refractivity contribution is -0.0798. The Kier molecular flexibility index (Phi) is 5.02. The fraction of sp³-hybridized carbons (Fsp3) is 0.480. The quantitative estimate of drug-likeness (QED) is 0.717. The first-order valence-corrected chi connectivity index (χ1v) is 11.0. The third-order valence-electron chi connectivity index (χ3n) is 7.34. The Morgan fingerprint density at radius 3 is 2.47 bits per heavy atom. The molecule has 5 rings (SSSR count). The van der Waals surface area contributed by atoms with Gasteiger partial charge in [0.1, 0.15) is 11.9 Å². The third-order valence-corrected chi connectivity index (χ3v) is 7.34. The summed E-state index contributed by atoms with van der Waals surface area (Å²) in [5.41, 5.74) is 3.64. The molecule has 30 heavy (non-hydrogen) atoms. The lowest BCUT2D eigenvalue weighted by Gasteiger charge is -2.51. The molecule has 1 spiro atoms. The van der Waals surface area contributed by atoms with Crippen LogP contribution in [0.25, 0.3) is 0 Å². The second-order valence-corrected chi connectivity index (χ2v) is 9.31. The maximum Gasteiger partial charge on any atom is 0.410 e. The SMILES string of the molecule is CN1CCC2(CC1)CC(OC(=O)N1CCc3ccccc3[C@@H]1c1ccc(F)cc1)C2. The molecule has 2 aliphatic heterocycles. The molecule has 3 aliphatic rings. The summed E-state index contributed by atoms with van der Waals surface area (Å²) in [5, 5.41) is 0. The molecule has 2 aromatic rings. The lowest BCUT2D eigenvalue weighted by Crippen LogP contribution is -2.51. The van der Waals surface area contributed by atoms with Crippen LogP contribution in [0.2, 0.25) is 0 Å². The molecule has 1 saturated carbocycles. The third kappa shape index (κ3) is 3.60. The first-order valence-electron chi connectivity index (χ1n) is 11.0. The Balaban J connectivity index is 1.32. The molecule has 1 aliphatic carbocycles. The molecule has 1 amide bonds. The van der Waals surface area contributed by atoms with Crippen LogP contribution in [0.5, 0.6) is 0 Å². The topological polar surface area (TPSA) is 32.8 Å². The Labute approximate surface area is 177 Å². The zero-order valence-electron chi connectivity index (χ0n) is 17.5. The molecule has 0 N–H and O–H groups in total. The number of benzene rings is 2. The molecule has 0 radical (unpaired) electrons. The van der Waals surface area contributed by atoms with Crippen LogP contribution in [0, 0.1) is 11.2 Å². The van der Waals surface area contributed by atoms with Crippen molar-refractivity contribution < 1.29 is 13.9 Å². The van der Waals surface area contributed by atoms with Crippen molar-refractivity contribution in [2.75, 3.05) is 26.7 Å². The zero-order chi connectivity index (χ0) is 20.7. The number of hydrogen-bond acceptors (Lipinski definition) is 3. The maximum absolute atomic E-state index is 13.5. The molecule has 1 atom stereocenters. The Hall–Kier alpha value is -2.40. The Morgan fingerprint density at radius 1 is 1.03 bits per heavy atom. The summed E-state index contributed by atoms with van der Waals surface area (Å²) < 4.78 is 19.5. The number of likely N-dealkylation sites (tertiary alicyclic amines) is 1. The van der Waals surface area contributed by atoms with Crippen molar-refractivity contribution in [3.05, 3.63) is 71.0 Å². The van der Waals surface area contributed by atoms with Gasteiger partial charge in [0.15, 0.2) is 0 Å². The van der Waals surface area contributed by atoms with Gasteiger partial charge < -0.3 is 9.64 Å². The highest BCUT2D eigenvalue weighted by Gasteiger charge is 2.48. The average Bonchev–Trinajstić information content (AvgIpc) is 2.74. The maximum atomic E-state index is 13.5. The number of rotatable bonds is 2. The van der Waals surface area contributed by atoms with Crippen LogP contribution < -0.4 is 0 Å². The number of fused-ring (bicyclic) bond motifs is 1. The molecule has 2 fully saturated rings. The van der Waals surface area contributed by atoms with E-state index in [2.05, 4.69) is 24.1 Å². The van der Waals surface area contributed by atoms with Gasteiger partial charge in [0, 0.05) is 6.54 Å². The van der Waals surface area contributed by atoms with Gasteiger partial charge in [0.05, 0.1) is 6.04 Å². The van der Waals surface area contributed by atoms with Crippen molar-refractivity contribution in [3.8, 4) is 0 Å². The van der Waals surface area contributed by atoms with Gasteiger partial charge >= 0.3 is 6.09 Å². The predicted octanol–water partition coefficient (Wildman–Crippen LogP) is 4.78. The molecule has 5 heteroatoms. The highest BCUT2D eigenvalue weighted by atomic mass is 19.1. The summed E-state index contributed by atoms with van der Waals surface area (Å²) in [5.74, 6) is -0.269. The first kappa shape index (κ1) is 19.6. The number of piperidine rings is 1. The fourth-order valence-corrected chi connectivity index (χ4v) is 5.47. The number of carbonyl (C=O) groups is 1. The smallest absolute Gasteiger partial charge is 0.410 e. The molecule has 158 valence electrons. The second kappa shape index (κ2) is 7.69. The zero-order valence-corrected chi connectivity index (χ0v) is 17.5. The predicted molar refractivity (Wildman–Crippen MR) is 114 cm³/mol. The standard InChI is InChI=1S/C25H29FN2O2/c1-27-14-11-25(12-15-27)16-21(17-25)30-24(29)28-13-10-18-4-2-3-5-22(18)23(28)19-6-8-20(26)9-7-19/h2-9,21,23H,10-17H2,1H3/t23-/m0/s1. The van der Waals surface area contributed by atoms with Gasteiger partial charge in [-0.2, -0.15) is 0 Å². The highest BCUT2D eigenvalue weighted by Crippen LogP contribution is 2.50. The van der Waals surface area contributed by atoms with E-state index in [-0.39, 0.29) is 24.1 Å². The summed E-state index contributed by atoms with van der Waals surface area (Å²) in [6, 6.07) is 14.5. The molecule has 4 nitrogen and oxygen atoms in total. The summed E-state index contributed by atoms with van der Waals surface area (Å²) in [6.07, 6.45) is 4.96. The van der Waals surface area contributed by atoms with E-state index >= 15 is 0 Å². The van der Waals surface area contributed by atoms with Crippen molar-refractivity contribution in [1.29, 1.82) is 0 Å². The van der Waals surface area contributed by atoms with E-state index in [0.717, 1.165) is 43.5 Å². The van der Waals surface area contributed by atoms with Gasteiger partial charge in [-0.15, -0.1) is 0 Å². The number of nitrogens with zero attached hydrogens (tertiary/aromatic N) is 2. The van der Waals surface area contributed by atoms with Gasteiger partial charge in [0.25, 0.3) is 0 Å². The summed E-state index contributed by atoms with van der Waals surface area (Å²) in [6.45, 7) is 2.88. The van der Waals surface area contributed by atoms with Crippen molar-refractivity contribution in [3.63, 3.8) is 0 Å². The molecule has 1 saturated heterocycles. The van der Waals surface area contributed by atoms with Gasteiger partial charge in [-0.3, -0.25) is 4.90 Å². The van der Waals surface area contributed by atoms with E-state index in [1.54, 1.807) is 12.1 Å². The van der Waals surface area contributed by atoms with Crippen LogP contribution in [-0.2, 0) is 11.2 Å². The van der Waals surface area contributed by atoms with Gasteiger partial charge in [0.2, 0.25) is 0 Å². The largest absolute Gasteiger partial charge is 0.446 e. The van der Waals surface area contributed by atoms with Crippen LogP contribution >= 0.6 is 0 Å². The molecule has 2 aromatic carbocycles. The van der Waals surface area contributed by atoms with Crippen LogP contribution in [0.1, 0.15) is 48.4 Å². The molecule has 0 bridgehead atoms. The summed E-state index contributed by atoms with van der Waals surface area (Å²) >= 11 is 0. The van der Waals surface area contributed by atoms with Crippen LogP contribution in [0.4, 0.5) is 9.18 Å². The van der Waals surface area contributed by atoms with Crippen LogP contribution in [0.15, 0.2) is 48.5 Å². The minimum absolute atomic E-state index is 0.0203. The van der Waals surface area contributed by atoms with E-state index in [1.165, 1.54) is 30.5 Å². The van der Waals surface area contributed by atoms with Crippen molar-refractivity contribution in [2.24, 2.45) is 5.41 Å². The number of carbonyl (C=O) groups excluding carboxylic acids is 1. The Morgan fingerprint density at radius 2 is 1.73 bits per heavy atom. The summed E-state index contributed by atoms with van der Waals surface area (Å²) in [4.78, 5) is 17.4. The molecule has 2 heterocycles. The highest BCUT2D eigenvalue weighted by molar-refractivity contribution is 5.70. The molecule has 0 aromatic heterocycles. The van der Waals surface area contributed by atoms with E-state index in [1.807, 2.05) is 17.0 Å². The number of ether oxygens (including phenoxy) is 1. The number of hydrogen-bond donors (Lipinski definition) is 0. The van der Waals surface area contributed by atoms with Crippen LogP contribution in [0.3, 0.4) is 0 Å².